The molecule has 0 bridgehead atoms. The average molecular weight is 413 g/mol. The standard InChI is InChI=1S/C22H24N2O4S/c1-3-28-21-12-10-20(11-13-21)24(29(2,26)27)16-22(25)23-15-17-8-9-18-6-4-5-7-19(18)14-17/h4-14H,3,15-16H2,1-2H3,(H,23,25). The van der Waals surface area contributed by atoms with E-state index >= 15 is 0 Å². The number of sulfonamides is 1. The van der Waals surface area contributed by atoms with Gasteiger partial charge in [-0.15, -0.1) is 0 Å². The van der Waals surface area contributed by atoms with Gasteiger partial charge in [0.25, 0.3) is 0 Å². The van der Waals surface area contributed by atoms with Crippen LogP contribution < -0.4 is 14.4 Å². The van der Waals surface area contributed by atoms with Gasteiger partial charge in [0.15, 0.2) is 0 Å². The molecule has 0 saturated heterocycles. The van der Waals surface area contributed by atoms with Crippen molar-refractivity contribution in [3.05, 3.63) is 72.3 Å². The minimum Gasteiger partial charge on any atom is -0.494 e. The van der Waals surface area contributed by atoms with E-state index in [1.54, 1.807) is 24.3 Å². The molecule has 6 nitrogen and oxygen atoms in total. The molecule has 1 N–H and O–H groups in total. The molecule has 7 heteroatoms. The van der Waals surface area contributed by atoms with Crippen molar-refractivity contribution in [3.8, 4) is 5.75 Å². The Kier molecular flexibility index (Phi) is 6.39. The van der Waals surface area contributed by atoms with Gasteiger partial charge < -0.3 is 10.1 Å². The summed E-state index contributed by atoms with van der Waals surface area (Å²) in [5.74, 6) is 0.267. The van der Waals surface area contributed by atoms with E-state index in [0.29, 0.717) is 24.6 Å². The lowest BCUT2D eigenvalue weighted by atomic mass is 10.1. The Morgan fingerprint density at radius 1 is 1.00 bits per heavy atom. The predicted molar refractivity (Wildman–Crippen MR) is 116 cm³/mol. The summed E-state index contributed by atoms with van der Waals surface area (Å²) in [6.45, 7) is 2.42. The van der Waals surface area contributed by atoms with Crippen molar-refractivity contribution >= 4 is 32.4 Å². The van der Waals surface area contributed by atoms with Crippen LogP contribution in [0.4, 0.5) is 5.69 Å². The number of hydrogen-bond acceptors (Lipinski definition) is 4. The van der Waals surface area contributed by atoms with Crippen molar-refractivity contribution < 1.29 is 17.9 Å². The third kappa shape index (κ3) is 5.48. The Balaban J connectivity index is 1.68. The van der Waals surface area contributed by atoms with E-state index in [1.807, 2.05) is 49.4 Å². The molecule has 3 rings (SSSR count). The molecule has 0 spiro atoms. The average Bonchev–Trinajstić information content (AvgIpc) is 2.70. The molecule has 1 amide bonds. The minimum absolute atomic E-state index is 0.291. The quantitative estimate of drug-likeness (QED) is 0.616. The van der Waals surface area contributed by atoms with Crippen LogP contribution in [0.3, 0.4) is 0 Å². The lowest BCUT2D eigenvalue weighted by Crippen LogP contribution is -2.40. The number of hydrogen-bond donors (Lipinski definition) is 1. The first kappa shape index (κ1) is 20.7. The fraction of sp³-hybridized carbons (Fsp3) is 0.227. The van der Waals surface area contributed by atoms with E-state index in [4.69, 9.17) is 4.74 Å². The molecular formula is C22H24N2O4S. The molecule has 0 fully saturated rings. The summed E-state index contributed by atoms with van der Waals surface area (Å²) in [7, 11) is -3.62. The SMILES string of the molecule is CCOc1ccc(N(CC(=O)NCc2ccc3ccccc3c2)S(C)(=O)=O)cc1. The van der Waals surface area contributed by atoms with Crippen LogP contribution in [-0.2, 0) is 21.4 Å². The summed E-state index contributed by atoms with van der Waals surface area (Å²) in [6.07, 6.45) is 1.08. The number of amides is 1. The number of ether oxygens (including phenoxy) is 1. The van der Waals surface area contributed by atoms with Gasteiger partial charge in [0, 0.05) is 6.54 Å². The van der Waals surface area contributed by atoms with Gasteiger partial charge in [0.05, 0.1) is 18.6 Å². The van der Waals surface area contributed by atoms with E-state index in [9.17, 15) is 13.2 Å². The van der Waals surface area contributed by atoms with Crippen molar-refractivity contribution in [1.82, 2.24) is 5.32 Å². The largest absolute Gasteiger partial charge is 0.494 e. The Morgan fingerprint density at radius 3 is 2.34 bits per heavy atom. The van der Waals surface area contributed by atoms with Crippen molar-refractivity contribution in [2.45, 2.75) is 13.5 Å². The van der Waals surface area contributed by atoms with Crippen molar-refractivity contribution in [1.29, 1.82) is 0 Å². The van der Waals surface area contributed by atoms with Crippen LogP contribution in [0.1, 0.15) is 12.5 Å². The summed E-state index contributed by atoms with van der Waals surface area (Å²) in [4.78, 5) is 12.4. The molecule has 0 aromatic heterocycles. The van der Waals surface area contributed by atoms with Crippen LogP contribution in [-0.4, -0.2) is 33.7 Å². The smallest absolute Gasteiger partial charge is 0.241 e. The number of nitrogens with one attached hydrogen (secondary N) is 1. The highest BCUT2D eigenvalue weighted by atomic mass is 32.2. The lowest BCUT2D eigenvalue weighted by Gasteiger charge is -2.22. The van der Waals surface area contributed by atoms with Gasteiger partial charge in [-0.2, -0.15) is 0 Å². The van der Waals surface area contributed by atoms with E-state index < -0.39 is 10.0 Å². The zero-order valence-corrected chi connectivity index (χ0v) is 17.3. The summed E-state index contributed by atoms with van der Waals surface area (Å²) in [6, 6.07) is 20.6. The molecule has 3 aromatic carbocycles. The Bertz CT molecular complexity index is 1100. The normalized spacial score (nSPS) is 11.2. The summed E-state index contributed by atoms with van der Waals surface area (Å²) < 4.78 is 30.9. The summed E-state index contributed by atoms with van der Waals surface area (Å²) in [5, 5.41) is 5.01. The molecule has 0 saturated carbocycles. The van der Waals surface area contributed by atoms with Crippen LogP contribution in [0.25, 0.3) is 10.8 Å². The summed E-state index contributed by atoms with van der Waals surface area (Å²) in [5.41, 5.74) is 1.36. The molecule has 0 radical (unpaired) electrons. The Hall–Kier alpha value is -3.06. The number of anilines is 1. The number of fused-ring (bicyclic) bond motifs is 1. The Labute approximate surface area is 171 Å². The fourth-order valence-electron chi connectivity index (χ4n) is 3.01. The van der Waals surface area contributed by atoms with Gasteiger partial charge in [-0.1, -0.05) is 36.4 Å². The van der Waals surface area contributed by atoms with Crippen LogP contribution in [0.5, 0.6) is 5.75 Å². The van der Waals surface area contributed by atoms with Crippen LogP contribution in [0, 0.1) is 0 Å². The second kappa shape index (κ2) is 8.96. The second-order valence-corrected chi connectivity index (χ2v) is 8.56. The number of rotatable bonds is 8. The van der Waals surface area contributed by atoms with Gasteiger partial charge in [-0.25, -0.2) is 8.42 Å². The minimum atomic E-state index is -3.62. The fourth-order valence-corrected chi connectivity index (χ4v) is 3.87. The molecular weight excluding hydrogens is 388 g/mol. The number of nitrogens with zero attached hydrogens (tertiary/aromatic N) is 1. The van der Waals surface area contributed by atoms with Gasteiger partial charge >= 0.3 is 0 Å². The van der Waals surface area contributed by atoms with E-state index in [2.05, 4.69) is 5.32 Å². The number of benzene rings is 3. The van der Waals surface area contributed by atoms with Gasteiger partial charge in [-0.05, 0) is 53.6 Å². The topological polar surface area (TPSA) is 75.7 Å². The maximum atomic E-state index is 12.4. The van der Waals surface area contributed by atoms with Crippen LogP contribution >= 0.6 is 0 Å². The van der Waals surface area contributed by atoms with E-state index in [-0.39, 0.29) is 12.5 Å². The van der Waals surface area contributed by atoms with Crippen molar-refractivity contribution in [3.63, 3.8) is 0 Å². The third-order valence-electron chi connectivity index (χ3n) is 4.43. The van der Waals surface area contributed by atoms with Gasteiger partial charge in [0.1, 0.15) is 12.3 Å². The molecule has 0 heterocycles. The first-order chi connectivity index (χ1) is 13.9. The van der Waals surface area contributed by atoms with Crippen LogP contribution in [0.2, 0.25) is 0 Å². The monoisotopic (exact) mass is 412 g/mol. The van der Waals surface area contributed by atoms with Crippen molar-refractivity contribution in [2.75, 3.05) is 23.7 Å². The molecule has 152 valence electrons. The highest BCUT2D eigenvalue weighted by Crippen LogP contribution is 2.21. The zero-order chi connectivity index (χ0) is 20.9. The van der Waals surface area contributed by atoms with E-state index in [1.165, 1.54) is 0 Å². The Morgan fingerprint density at radius 2 is 1.69 bits per heavy atom. The number of carbonyl (C=O) groups is 1. The second-order valence-electron chi connectivity index (χ2n) is 6.65. The molecule has 29 heavy (non-hydrogen) atoms. The highest BCUT2D eigenvalue weighted by Gasteiger charge is 2.20. The first-order valence-corrected chi connectivity index (χ1v) is 11.2. The van der Waals surface area contributed by atoms with Gasteiger partial charge in [0.2, 0.25) is 15.9 Å². The van der Waals surface area contributed by atoms with E-state index in [0.717, 1.165) is 26.9 Å². The summed E-state index contributed by atoms with van der Waals surface area (Å²) >= 11 is 0. The highest BCUT2D eigenvalue weighted by molar-refractivity contribution is 7.92. The first-order valence-electron chi connectivity index (χ1n) is 9.32. The van der Waals surface area contributed by atoms with Crippen LogP contribution in [0.15, 0.2) is 66.7 Å². The third-order valence-corrected chi connectivity index (χ3v) is 5.57. The lowest BCUT2D eigenvalue weighted by molar-refractivity contribution is -0.119. The predicted octanol–water partition coefficient (Wildman–Crippen LogP) is 3.32. The van der Waals surface area contributed by atoms with Gasteiger partial charge in [-0.3, -0.25) is 9.10 Å². The molecule has 0 aliphatic carbocycles. The number of carbonyl (C=O) groups excluding carboxylic acids is 1. The molecule has 0 aliphatic rings. The molecule has 0 unspecified atom stereocenters. The molecule has 0 aliphatic heterocycles. The molecule has 3 aromatic rings. The van der Waals surface area contributed by atoms with Crippen molar-refractivity contribution in [2.24, 2.45) is 0 Å². The zero-order valence-electron chi connectivity index (χ0n) is 16.5. The molecule has 0 atom stereocenters. The maximum absolute atomic E-state index is 12.4. The maximum Gasteiger partial charge on any atom is 0.241 e.